The summed E-state index contributed by atoms with van der Waals surface area (Å²) in [6.07, 6.45) is 4.56. The van der Waals surface area contributed by atoms with Crippen molar-refractivity contribution in [2.75, 3.05) is 0 Å². The summed E-state index contributed by atoms with van der Waals surface area (Å²) in [6.45, 7) is 0. The minimum absolute atomic E-state index is 0.259. The Bertz CT molecular complexity index is 771. The van der Waals surface area contributed by atoms with E-state index in [1.807, 2.05) is 48.7 Å². The molecule has 0 bridgehead atoms. The molecule has 3 rings (SSSR count). The number of H-pyrrole nitrogens is 1. The van der Waals surface area contributed by atoms with Crippen molar-refractivity contribution in [1.29, 1.82) is 0 Å². The second kappa shape index (κ2) is 6.22. The van der Waals surface area contributed by atoms with Gasteiger partial charge in [-0.1, -0.05) is 30.3 Å². The van der Waals surface area contributed by atoms with Gasteiger partial charge in [0.05, 0.1) is 0 Å². The van der Waals surface area contributed by atoms with Crippen LogP contribution in [-0.2, 0) is 6.42 Å². The van der Waals surface area contributed by atoms with Crippen molar-refractivity contribution >= 4 is 11.6 Å². The van der Waals surface area contributed by atoms with E-state index >= 15 is 0 Å². The average Bonchev–Trinajstić information content (AvgIpc) is 3.05. The first-order valence-corrected chi connectivity index (χ1v) is 7.12. The van der Waals surface area contributed by atoms with Gasteiger partial charge in [0.25, 0.3) is 0 Å². The van der Waals surface area contributed by atoms with E-state index in [0.29, 0.717) is 6.42 Å². The SMILES string of the molecule is Oc1ccc(CC(=Cc2ccccc2O)c2ccc[nH]2)cc1. The zero-order chi connectivity index (χ0) is 15.4. The lowest BCUT2D eigenvalue weighted by Gasteiger charge is -2.08. The smallest absolute Gasteiger partial charge is 0.122 e. The Morgan fingerprint density at radius 3 is 2.36 bits per heavy atom. The Hall–Kier alpha value is -2.94. The van der Waals surface area contributed by atoms with E-state index in [1.54, 1.807) is 24.3 Å². The number of rotatable bonds is 4. The fraction of sp³-hybridized carbons (Fsp3) is 0.0526. The van der Waals surface area contributed by atoms with Crippen LogP contribution >= 0.6 is 0 Å². The number of phenolic OH excluding ortho intramolecular Hbond substituents is 2. The largest absolute Gasteiger partial charge is 0.508 e. The molecule has 0 fully saturated rings. The van der Waals surface area contributed by atoms with Crippen molar-refractivity contribution in [3.8, 4) is 11.5 Å². The monoisotopic (exact) mass is 291 g/mol. The van der Waals surface area contributed by atoms with Crippen LogP contribution in [0.1, 0.15) is 16.8 Å². The molecule has 1 heterocycles. The van der Waals surface area contributed by atoms with Crippen molar-refractivity contribution in [3.63, 3.8) is 0 Å². The van der Waals surface area contributed by atoms with Crippen LogP contribution in [0.25, 0.3) is 11.6 Å². The van der Waals surface area contributed by atoms with E-state index < -0.39 is 0 Å². The molecule has 0 spiro atoms. The zero-order valence-corrected chi connectivity index (χ0v) is 12.0. The van der Waals surface area contributed by atoms with Crippen molar-refractivity contribution in [2.45, 2.75) is 6.42 Å². The average molecular weight is 291 g/mol. The van der Waals surface area contributed by atoms with Gasteiger partial charge in [-0.15, -0.1) is 0 Å². The van der Waals surface area contributed by atoms with Crippen molar-refractivity contribution < 1.29 is 10.2 Å². The number of aromatic amines is 1. The maximum absolute atomic E-state index is 9.97. The van der Waals surface area contributed by atoms with Gasteiger partial charge in [0, 0.05) is 17.5 Å². The van der Waals surface area contributed by atoms with Crippen molar-refractivity contribution in [2.24, 2.45) is 0 Å². The second-order valence-electron chi connectivity index (χ2n) is 5.16. The number of hydrogen-bond acceptors (Lipinski definition) is 2. The molecule has 0 aliphatic heterocycles. The molecule has 0 atom stereocenters. The molecule has 0 aliphatic rings. The predicted molar refractivity (Wildman–Crippen MR) is 88.6 cm³/mol. The van der Waals surface area contributed by atoms with Crippen molar-refractivity contribution in [3.05, 3.63) is 83.7 Å². The number of aromatic nitrogens is 1. The quantitative estimate of drug-likeness (QED) is 0.674. The van der Waals surface area contributed by atoms with Crippen LogP contribution in [0.3, 0.4) is 0 Å². The highest BCUT2D eigenvalue weighted by Crippen LogP contribution is 2.26. The van der Waals surface area contributed by atoms with Gasteiger partial charge in [-0.2, -0.15) is 0 Å². The van der Waals surface area contributed by atoms with Crippen LogP contribution in [0, 0.1) is 0 Å². The van der Waals surface area contributed by atoms with Gasteiger partial charge in [-0.25, -0.2) is 0 Å². The van der Waals surface area contributed by atoms with Gasteiger partial charge in [0.1, 0.15) is 11.5 Å². The minimum Gasteiger partial charge on any atom is -0.508 e. The van der Waals surface area contributed by atoms with E-state index in [1.165, 1.54) is 0 Å². The molecular formula is C19H17NO2. The molecule has 3 aromatic rings. The summed E-state index contributed by atoms with van der Waals surface area (Å²) in [5.74, 6) is 0.520. The molecule has 2 aromatic carbocycles. The third kappa shape index (κ3) is 3.20. The molecule has 0 saturated carbocycles. The summed E-state index contributed by atoms with van der Waals surface area (Å²) in [4.78, 5) is 3.21. The van der Waals surface area contributed by atoms with Gasteiger partial charge in [-0.05, 0) is 54.0 Å². The summed E-state index contributed by atoms with van der Waals surface area (Å²) in [5.41, 5.74) is 3.95. The Morgan fingerprint density at radius 2 is 1.68 bits per heavy atom. The van der Waals surface area contributed by atoms with E-state index in [-0.39, 0.29) is 11.5 Å². The van der Waals surface area contributed by atoms with E-state index in [9.17, 15) is 10.2 Å². The maximum atomic E-state index is 9.97. The summed E-state index contributed by atoms with van der Waals surface area (Å²) in [7, 11) is 0. The highest BCUT2D eigenvalue weighted by molar-refractivity contribution is 5.82. The number of benzene rings is 2. The van der Waals surface area contributed by atoms with E-state index in [4.69, 9.17) is 0 Å². The molecular weight excluding hydrogens is 274 g/mol. The lowest BCUT2D eigenvalue weighted by molar-refractivity contribution is 0.474. The first-order valence-electron chi connectivity index (χ1n) is 7.12. The lowest BCUT2D eigenvalue weighted by atomic mass is 9.99. The third-order valence-corrected chi connectivity index (χ3v) is 3.54. The van der Waals surface area contributed by atoms with Gasteiger partial charge in [-0.3, -0.25) is 0 Å². The Balaban J connectivity index is 1.98. The Kier molecular flexibility index (Phi) is 3.97. The summed E-state index contributed by atoms with van der Waals surface area (Å²) in [5, 5.41) is 19.4. The molecule has 22 heavy (non-hydrogen) atoms. The molecule has 3 heteroatoms. The van der Waals surface area contributed by atoms with E-state index in [0.717, 1.165) is 22.4 Å². The number of allylic oxidation sites excluding steroid dienone is 1. The van der Waals surface area contributed by atoms with Crippen LogP contribution in [0.4, 0.5) is 0 Å². The molecule has 110 valence electrons. The molecule has 0 saturated heterocycles. The molecule has 0 amide bonds. The summed E-state index contributed by atoms with van der Waals surface area (Å²) >= 11 is 0. The fourth-order valence-electron chi connectivity index (χ4n) is 2.39. The Morgan fingerprint density at radius 1 is 0.909 bits per heavy atom. The number of nitrogens with one attached hydrogen (secondary N) is 1. The lowest BCUT2D eigenvalue weighted by Crippen LogP contribution is -1.91. The highest BCUT2D eigenvalue weighted by Gasteiger charge is 2.06. The molecule has 0 radical (unpaired) electrons. The highest BCUT2D eigenvalue weighted by atomic mass is 16.3. The predicted octanol–water partition coefficient (Wildman–Crippen LogP) is 4.21. The summed E-state index contributed by atoms with van der Waals surface area (Å²) in [6, 6.07) is 18.4. The first kappa shape index (κ1) is 14.0. The maximum Gasteiger partial charge on any atom is 0.122 e. The number of para-hydroxylation sites is 1. The van der Waals surface area contributed by atoms with Crippen LogP contribution in [-0.4, -0.2) is 15.2 Å². The van der Waals surface area contributed by atoms with Gasteiger partial charge < -0.3 is 15.2 Å². The molecule has 3 N–H and O–H groups in total. The van der Waals surface area contributed by atoms with E-state index in [2.05, 4.69) is 4.98 Å². The Labute approximate surface area is 129 Å². The normalized spacial score (nSPS) is 11.5. The topological polar surface area (TPSA) is 56.2 Å². The van der Waals surface area contributed by atoms with Crippen molar-refractivity contribution in [1.82, 2.24) is 4.98 Å². The van der Waals surface area contributed by atoms with Crippen LogP contribution < -0.4 is 0 Å². The van der Waals surface area contributed by atoms with Crippen LogP contribution in [0.15, 0.2) is 66.9 Å². The fourth-order valence-corrected chi connectivity index (χ4v) is 2.39. The summed E-state index contributed by atoms with van der Waals surface area (Å²) < 4.78 is 0. The third-order valence-electron chi connectivity index (χ3n) is 3.54. The van der Waals surface area contributed by atoms with Gasteiger partial charge >= 0.3 is 0 Å². The van der Waals surface area contributed by atoms with Crippen LogP contribution in [0.2, 0.25) is 0 Å². The first-order chi connectivity index (χ1) is 10.7. The zero-order valence-electron chi connectivity index (χ0n) is 12.0. The second-order valence-corrected chi connectivity index (χ2v) is 5.16. The number of hydrogen-bond donors (Lipinski definition) is 3. The molecule has 0 aliphatic carbocycles. The number of phenols is 2. The molecule has 1 aromatic heterocycles. The van der Waals surface area contributed by atoms with Gasteiger partial charge in [0.15, 0.2) is 0 Å². The molecule has 3 nitrogen and oxygen atoms in total. The van der Waals surface area contributed by atoms with Gasteiger partial charge in [0.2, 0.25) is 0 Å². The standard InChI is InChI=1S/C19H17NO2/c21-17-9-7-14(8-10-17)12-16(18-5-3-11-20-18)13-15-4-1-2-6-19(15)22/h1-11,13,20-22H,12H2. The molecule has 0 unspecified atom stereocenters. The number of aromatic hydroxyl groups is 2. The van der Waals surface area contributed by atoms with Crippen LogP contribution in [0.5, 0.6) is 11.5 Å². The minimum atomic E-state index is 0.259.